The summed E-state index contributed by atoms with van der Waals surface area (Å²) in [4.78, 5) is 13.8. The van der Waals surface area contributed by atoms with Crippen molar-refractivity contribution in [1.29, 1.82) is 0 Å². The van der Waals surface area contributed by atoms with Crippen molar-refractivity contribution in [3.63, 3.8) is 0 Å². The predicted octanol–water partition coefficient (Wildman–Crippen LogP) is 4.15. The summed E-state index contributed by atoms with van der Waals surface area (Å²) in [6.07, 6.45) is 0. The predicted molar refractivity (Wildman–Crippen MR) is 102 cm³/mol. The van der Waals surface area contributed by atoms with Gasteiger partial charge in [0.1, 0.15) is 11.6 Å². The standard InChI is InChI=1S/C17H16ClN5OS/c1-24-14-5-3-2-4-13(14)20-17-22-15(21-16(19)23-17)10-25-12-8-6-11(18)7-9-12/h2-9H,10H2,1H3,(H3,19,20,21,22,23). The van der Waals surface area contributed by atoms with Crippen LogP contribution in [0.1, 0.15) is 5.82 Å². The normalized spacial score (nSPS) is 10.5. The molecule has 0 aliphatic carbocycles. The maximum atomic E-state index is 5.89. The highest BCUT2D eigenvalue weighted by atomic mass is 35.5. The maximum absolute atomic E-state index is 5.89. The fourth-order valence-corrected chi connectivity index (χ4v) is 2.98. The number of nitrogens with zero attached hydrogens (tertiary/aromatic N) is 3. The van der Waals surface area contributed by atoms with E-state index >= 15 is 0 Å². The van der Waals surface area contributed by atoms with Crippen LogP contribution < -0.4 is 15.8 Å². The van der Waals surface area contributed by atoms with Crippen molar-refractivity contribution in [3.8, 4) is 5.75 Å². The topological polar surface area (TPSA) is 86.0 Å². The van der Waals surface area contributed by atoms with Crippen LogP contribution in [0.2, 0.25) is 5.02 Å². The van der Waals surface area contributed by atoms with Gasteiger partial charge in [-0.1, -0.05) is 23.7 Å². The highest BCUT2D eigenvalue weighted by Gasteiger charge is 2.08. The van der Waals surface area contributed by atoms with E-state index in [0.717, 1.165) is 10.6 Å². The summed E-state index contributed by atoms with van der Waals surface area (Å²) in [6.45, 7) is 0. The zero-order valence-corrected chi connectivity index (χ0v) is 15.0. The van der Waals surface area contributed by atoms with E-state index in [1.165, 1.54) is 0 Å². The molecule has 0 saturated carbocycles. The highest BCUT2D eigenvalue weighted by Crippen LogP contribution is 2.27. The number of thioether (sulfide) groups is 1. The first-order chi connectivity index (χ1) is 12.1. The second-order valence-corrected chi connectivity index (χ2v) is 6.49. The molecule has 3 rings (SSSR count). The Morgan fingerprint density at radius 3 is 2.60 bits per heavy atom. The molecular weight excluding hydrogens is 358 g/mol. The van der Waals surface area contributed by atoms with E-state index in [2.05, 4.69) is 20.3 Å². The molecule has 0 fully saturated rings. The Balaban J connectivity index is 1.75. The van der Waals surface area contributed by atoms with E-state index < -0.39 is 0 Å². The number of anilines is 3. The van der Waals surface area contributed by atoms with Crippen LogP contribution in [0.25, 0.3) is 0 Å². The molecule has 25 heavy (non-hydrogen) atoms. The number of hydrogen-bond donors (Lipinski definition) is 2. The molecule has 0 spiro atoms. The van der Waals surface area contributed by atoms with Gasteiger partial charge >= 0.3 is 0 Å². The Labute approximate surface area is 154 Å². The number of para-hydroxylation sites is 2. The lowest BCUT2D eigenvalue weighted by Gasteiger charge is -2.10. The zero-order valence-electron chi connectivity index (χ0n) is 13.4. The minimum Gasteiger partial charge on any atom is -0.495 e. The number of nitrogen functional groups attached to an aromatic ring is 1. The molecule has 0 bridgehead atoms. The van der Waals surface area contributed by atoms with Crippen LogP contribution in [0, 0.1) is 0 Å². The van der Waals surface area contributed by atoms with Gasteiger partial charge in [-0.05, 0) is 36.4 Å². The first-order valence-electron chi connectivity index (χ1n) is 7.43. The van der Waals surface area contributed by atoms with Crippen molar-refractivity contribution in [2.45, 2.75) is 10.6 Å². The molecule has 1 heterocycles. The molecule has 0 saturated heterocycles. The van der Waals surface area contributed by atoms with Gasteiger partial charge in [-0.15, -0.1) is 11.8 Å². The average molecular weight is 374 g/mol. The minimum atomic E-state index is 0.166. The van der Waals surface area contributed by atoms with Gasteiger partial charge in [0, 0.05) is 9.92 Å². The molecule has 0 aliphatic rings. The molecule has 8 heteroatoms. The second kappa shape index (κ2) is 8.04. The molecule has 3 aromatic rings. The third-order valence-corrected chi connectivity index (χ3v) is 4.49. The third-order valence-electron chi connectivity index (χ3n) is 3.23. The Hall–Kier alpha value is -2.51. The summed E-state index contributed by atoms with van der Waals surface area (Å²) < 4.78 is 5.31. The van der Waals surface area contributed by atoms with Gasteiger partial charge in [0.05, 0.1) is 18.6 Å². The molecule has 0 unspecified atom stereocenters. The summed E-state index contributed by atoms with van der Waals surface area (Å²) in [5.41, 5.74) is 6.57. The van der Waals surface area contributed by atoms with Crippen molar-refractivity contribution in [1.82, 2.24) is 15.0 Å². The molecule has 0 amide bonds. The number of methoxy groups -OCH3 is 1. The fraction of sp³-hybridized carbons (Fsp3) is 0.118. The number of nitrogens with two attached hydrogens (primary N) is 1. The van der Waals surface area contributed by atoms with E-state index in [9.17, 15) is 0 Å². The Kier molecular flexibility index (Phi) is 5.57. The molecule has 0 atom stereocenters. The van der Waals surface area contributed by atoms with Gasteiger partial charge in [0.2, 0.25) is 11.9 Å². The largest absolute Gasteiger partial charge is 0.495 e. The smallest absolute Gasteiger partial charge is 0.232 e. The molecule has 2 aromatic carbocycles. The van der Waals surface area contributed by atoms with Gasteiger partial charge in [-0.3, -0.25) is 0 Å². The Morgan fingerprint density at radius 2 is 1.84 bits per heavy atom. The first-order valence-corrected chi connectivity index (χ1v) is 8.79. The summed E-state index contributed by atoms with van der Waals surface area (Å²) in [5, 5.41) is 3.82. The summed E-state index contributed by atoms with van der Waals surface area (Å²) in [6, 6.07) is 15.1. The van der Waals surface area contributed by atoms with Crippen LogP contribution in [-0.4, -0.2) is 22.1 Å². The lowest BCUT2D eigenvalue weighted by atomic mass is 10.3. The number of benzene rings is 2. The van der Waals surface area contributed by atoms with Crippen LogP contribution in [-0.2, 0) is 5.75 Å². The van der Waals surface area contributed by atoms with Crippen LogP contribution >= 0.6 is 23.4 Å². The van der Waals surface area contributed by atoms with Gasteiger partial charge in [0.15, 0.2) is 0 Å². The maximum Gasteiger partial charge on any atom is 0.232 e. The van der Waals surface area contributed by atoms with Gasteiger partial charge < -0.3 is 15.8 Å². The Morgan fingerprint density at radius 1 is 1.08 bits per heavy atom. The van der Waals surface area contributed by atoms with Gasteiger partial charge in [-0.25, -0.2) is 0 Å². The van der Waals surface area contributed by atoms with E-state index in [1.54, 1.807) is 18.9 Å². The van der Waals surface area contributed by atoms with Crippen LogP contribution in [0.3, 0.4) is 0 Å². The molecule has 0 aliphatic heterocycles. The summed E-state index contributed by atoms with van der Waals surface area (Å²) in [5.74, 6) is 2.39. The van der Waals surface area contributed by atoms with Crippen LogP contribution in [0.4, 0.5) is 17.6 Å². The summed E-state index contributed by atoms with van der Waals surface area (Å²) in [7, 11) is 1.61. The first kappa shape index (κ1) is 17.3. The number of hydrogen-bond acceptors (Lipinski definition) is 7. The van der Waals surface area contributed by atoms with Crippen LogP contribution in [0.15, 0.2) is 53.4 Å². The minimum absolute atomic E-state index is 0.166. The second-order valence-electron chi connectivity index (χ2n) is 5.00. The monoisotopic (exact) mass is 373 g/mol. The molecular formula is C17H16ClN5OS. The number of ether oxygens (including phenoxy) is 1. The summed E-state index contributed by atoms with van der Waals surface area (Å²) >= 11 is 7.49. The molecule has 1 aromatic heterocycles. The van der Waals surface area contributed by atoms with Crippen molar-refractivity contribution in [3.05, 3.63) is 59.4 Å². The highest BCUT2D eigenvalue weighted by molar-refractivity contribution is 7.98. The zero-order chi connectivity index (χ0) is 17.6. The van der Waals surface area contributed by atoms with Gasteiger partial charge in [-0.2, -0.15) is 15.0 Å². The SMILES string of the molecule is COc1ccccc1Nc1nc(N)nc(CSc2ccc(Cl)cc2)n1. The molecule has 6 nitrogen and oxygen atoms in total. The average Bonchev–Trinajstić information content (AvgIpc) is 2.61. The van der Waals surface area contributed by atoms with E-state index in [1.807, 2.05) is 48.5 Å². The van der Waals surface area contributed by atoms with Crippen LogP contribution in [0.5, 0.6) is 5.75 Å². The van der Waals surface area contributed by atoms with Crippen molar-refractivity contribution < 1.29 is 4.74 Å². The fourth-order valence-electron chi connectivity index (χ4n) is 2.11. The van der Waals surface area contributed by atoms with E-state index in [0.29, 0.717) is 28.3 Å². The van der Waals surface area contributed by atoms with E-state index in [4.69, 9.17) is 22.1 Å². The number of nitrogens with one attached hydrogen (secondary N) is 1. The van der Waals surface area contributed by atoms with Crippen molar-refractivity contribution in [2.75, 3.05) is 18.2 Å². The molecule has 128 valence electrons. The van der Waals surface area contributed by atoms with Crippen molar-refractivity contribution in [2.24, 2.45) is 0 Å². The molecule has 3 N–H and O–H groups in total. The number of rotatable bonds is 6. The van der Waals surface area contributed by atoms with E-state index in [-0.39, 0.29) is 5.95 Å². The van der Waals surface area contributed by atoms with Gasteiger partial charge in [0.25, 0.3) is 0 Å². The lowest BCUT2D eigenvalue weighted by molar-refractivity contribution is 0.417. The Bertz CT molecular complexity index is 860. The number of halogens is 1. The lowest BCUT2D eigenvalue weighted by Crippen LogP contribution is -2.07. The third kappa shape index (κ3) is 4.74. The molecule has 0 radical (unpaired) electrons. The van der Waals surface area contributed by atoms with Crippen molar-refractivity contribution >= 4 is 40.9 Å². The quantitative estimate of drug-likeness (QED) is 0.627. The number of aromatic nitrogens is 3.